The fourth-order valence-electron chi connectivity index (χ4n) is 2.52. The van der Waals surface area contributed by atoms with Gasteiger partial charge in [-0.1, -0.05) is 17.7 Å². The number of hydrogen-bond acceptors (Lipinski definition) is 3. The molecule has 0 aromatic heterocycles. The van der Waals surface area contributed by atoms with Crippen molar-refractivity contribution in [3.05, 3.63) is 57.9 Å². The molecule has 2 aromatic carbocycles. The molecule has 0 bridgehead atoms. The topological polar surface area (TPSA) is 47.6 Å². The Morgan fingerprint density at radius 3 is 2.67 bits per heavy atom. The molecule has 0 atom stereocenters. The molecule has 1 heterocycles. The standard InChI is InChI=1S/C18H17ClFNO3/c1-11-8-16-17(24-7-3-6-23-16)9-12(11)18(22)21-10-13-14(19)4-2-5-15(13)20/h2,4-5,8-9H,3,6-7,10H2,1H3,(H,21,22). The molecule has 0 radical (unpaired) electrons. The Kier molecular flexibility index (Phi) is 4.90. The number of ether oxygens (including phenoxy) is 2. The zero-order valence-electron chi connectivity index (χ0n) is 13.2. The number of benzene rings is 2. The van der Waals surface area contributed by atoms with Gasteiger partial charge in [-0.3, -0.25) is 4.79 Å². The first kappa shape index (κ1) is 16.6. The second-order valence-corrected chi connectivity index (χ2v) is 5.95. The van der Waals surface area contributed by atoms with Gasteiger partial charge in [0.15, 0.2) is 11.5 Å². The van der Waals surface area contributed by atoms with Crippen molar-refractivity contribution < 1.29 is 18.7 Å². The molecule has 0 saturated carbocycles. The van der Waals surface area contributed by atoms with E-state index in [1.165, 1.54) is 12.1 Å². The van der Waals surface area contributed by atoms with Crippen molar-refractivity contribution in [3.8, 4) is 11.5 Å². The minimum Gasteiger partial charge on any atom is -0.490 e. The lowest BCUT2D eigenvalue weighted by atomic mass is 10.1. The zero-order valence-corrected chi connectivity index (χ0v) is 14.0. The van der Waals surface area contributed by atoms with Crippen molar-refractivity contribution in [1.29, 1.82) is 0 Å². The summed E-state index contributed by atoms with van der Waals surface area (Å²) in [4.78, 5) is 12.5. The van der Waals surface area contributed by atoms with Crippen LogP contribution in [0.1, 0.15) is 27.9 Å². The first-order valence-electron chi connectivity index (χ1n) is 7.67. The number of amides is 1. The Morgan fingerprint density at radius 1 is 1.25 bits per heavy atom. The first-order valence-corrected chi connectivity index (χ1v) is 8.05. The number of nitrogens with one attached hydrogen (secondary N) is 1. The van der Waals surface area contributed by atoms with Crippen molar-refractivity contribution in [3.63, 3.8) is 0 Å². The summed E-state index contributed by atoms with van der Waals surface area (Å²) in [5.74, 6) is 0.423. The number of aryl methyl sites for hydroxylation is 1. The molecule has 1 N–H and O–H groups in total. The van der Waals surface area contributed by atoms with Gasteiger partial charge in [-0.15, -0.1) is 0 Å². The van der Waals surface area contributed by atoms with Crippen LogP contribution in [-0.4, -0.2) is 19.1 Å². The Labute approximate surface area is 144 Å². The largest absolute Gasteiger partial charge is 0.490 e. The minimum atomic E-state index is -0.446. The van der Waals surface area contributed by atoms with E-state index < -0.39 is 5.82 Å². The highest BCUT2D eigenvalue weighted by Gasteiger charge is 2.18. The van der Waals surface area contributed by atoms with Gasteiger partial charge in [-0.2, -0.15) is 0 Å². The van der Waals surface area contributed by atoms with Crippen LogP contribution in [0, 0.1) is 12.7 Å². The summed E-state index contributed by atoms with van der Waals surface area (Å²) in [5.41, 5.74) is 1.49. The number of halogens is 2. The second kappa shape index (κ2) is 7.09. The summed E-state index contributed by atoms with van der Waals surface area (Å²) < 4.78 is 25.0. The molecule has 1 aliphatic heterocycles. The molecule has 126 valence electrons. The fraction of sp³-hybridized carbons (Fsp3) is 0.278. The van der Waals surface area contributed by atoms with E-state index in [2.05, 4.69) is 5.32 Å². The van der Waals surface area contributed by atoms with Crippen molar-refractivity contribution in [2.45, 2.75) is 19.9 Å². The average Bonchev–Trinajstić information content (AvgIpc) is 2.78. The van der Waals surface area contributed by atoms with Gasteiger partial charge in [-0.05, 0) is 36.8 Å². The predicted octanol–water partition coefficient (Wildman–Crippen LogP) is 3.88. The smallest absolute Gasteiger partial charge is 0.251 e. The predicted molar refractivity (Wildman–Crippen MR) is 89.4 cm³/mol. The van der Waals surface area contributed by atoms with Crippen LogP contribution in [0.25, 0.3) is 0 Å². The maximum atomic E-state index is 13.8. The highest BCUT2D eigenvalue weighted by Crippen LogP contribution is 2.32. The number of carbonyl (C=O) groups is 1. The third kappa shape index (κ3) is 3.46. The van der Waals surface area contributed by atoms with E-state index in [0.29, 0.717) is 30.3 Å². The first-order chi connectivity index (χ1) is 11.6. The highest BCUT2D eigenvalue weighted by atomic mass is 35.5. The van der Waals surface area contributed by atoms with Crippen LogP contribution in [0.5, 0.6) is 11.5 Å². The molecule has 4 nitrogen and oxygen atoms in total. The Bertz CT molecular complexity index is 759. The van der Waals surface area contributed by atoms with E-state index >= 15 is 0 Å². The van der Waals surface area contributed by atoms with Gasteiger partial charge in [0.25, 0.3) is 5.91 Å². The lowest BCUT2D eigenvalue weighted by molar-refractivity contribution is 0.0949. The van der Waals surface area contributed by atoms with E-state index in [9.17, 15) is 9.18 Å². The number of rotatable bonds is 3. The van der Waals surface area contributed by atoms with Crippen molar-refractivity contribution in [2.24, 2.45) is 0 Å². The third-order valence-electron chi connectivity index (χ3n) is 3.83. The second-order valence-electron chi connectivity index (χ2n) is 5.55. The molecule has 1 aliphatic rings. The summed E-state index contributed by atoms with van der Waals surface area (Å²) in [6, 6.07) is 7.87. The summed E-state index contributed by atoms with van der Waals surface area (Å²) in [7, 11) is 0. The molecule has 0 spiro atoms. The van der Waals surface area contributed by atoms with Gasteiger partial charge < -0.3 is 14.8 Å². The lowest BCUT2D eigenvalue weighted by Gasteiger charge is -2.13. The monoisotopic (exact) mass is 349 g/mol. The van der Waals surface area contributed by atoms with Crippen LogP contribution in [0.3, 0.4) is 0 Å². The maximum absolute atomic E-state index is 13.8. The lowest BCUT2D eigenvalue weighted by Crippen LogP contribution is -2.24. The summed E-state index contributed by atoms with van der Waals surface area (Å²) in [6.07, 6.45) is 0.793. The van der Waals surface area contributed by atoms with E-state index in [4.69, 9.17) is 21.1 Å². The quantitative estimate of drug-likeness (QED) is 0.914. The van der Waals surface area contributed by atoms with Crippen LogP contribution < -0.4 is 14.8 Å². The van der Waals surface area contributed by atoms with Gasteiger partial charge >= 0.3 is 0 Å². The average molecular weight is 350 g/mol. The Hall–Kier alpha value is -2.27. The summed E-state index contributed by atoms with van der Waals surface area (Å²) in [5, 5.41) is 2.98. The molecular weight excluding hydrogens is 333 g/mol. The molecule has 2 aromatic rings. The molecule has 6 heteroatoms. The summed E-state index contributed by atoms with van der Waals surface area (Å²) in [6.45, 7) is 2.96. The molecule has 0 unspecified atom stereocenters. The highest BCUT2D eigenvalue weighted by molar-refractivity contribution is 6.31. The normalized spacial score (nSPS) is 13.3. The SMILES string of the molecule is Cc1cc2c(cc1C(=O)NCc1c(F)cccc1Cl)OCCCO2. The van der Waals surface area contributed by atoms with Crippen molar-refractivity contribution in [2.75, 3.05) is 13.2 Å². The van der Waals surface area contributed by atoms with E-state index in [-0.39, 0.29) is 23.0 Å². The van der Waals surface area contributed by atoms with Crippen LogP contribution in [0.4, 0.5) is 4.39 Å². The van der Waals surface area contributed by atoms with Crippen LogP contribution >= 0.6 is 11.6 Å². The molecule has 0 fully saturated rings. The maximum Gasteiger partial charge on any atom is 0.251 e. The number of hydrogen-bond donors (Lipinski definition) is 1. The van der Waals surface area contributed by atoms with Crippen molar-refractivity contribution >= 4 is 17.5 Å². The van der Waals surface area contributed by atoms with Crippen LogP contribution in [-0.2, 0) is 6.54 Å². The van der Waals surface area contributed by atoms with Gasteiger partial charge in [-0.25, -0.2) is 4.39 Å². The Morgan fingerprint density at radius 2 is 1.96 bits per heavy atom. The van der Waals surface area contributed by atoms with Gasteiger partial charge in [0.05, 0.1) is 13.2 Å². The molecule has 0 aliphatic carbocycles. The summed E-state index contributed by atoms with van der Waals surface area (Å²) >= 11 is 5.98. The molecular formula is C18H17ClFNO3. The molecule has 3 rings (SSSR count). The number of carbonyl (C=O) groups excluding carboxylic acids is 1. The van der Waals surface area contributed by atoms with E-state index in [1.54, 1.807) is 18.2 Å². The molecule has 0 saturated heterocycles. The Balaban J connectivity index is 1.79. The van der Waals surface area contributed by atoms with Gasteiger partial charge in [0, 0.05) is 29.1 Å². The number of fused-ring (bicyclic) bond motifs is 1. The van der Waals surface area contributed by atoms with E-state index in [0.717, 1.165) is 12.0 Å². The van der Waals surface area contributed by atoms with Gasteiger partial charge in [0.2, 0.25) is 0 Å². The van der Waals surface area contributed by atoms with E-state index in [1.807, 2.05) is 6.92 Å². The zero-order chi connectivity index (χ0) is 17.1. The molecule has 1 amide bonds. The van der Waals surface area contributed by atoms with Crippen LogP contribution in [0.15, 0.2) is 30.3 Å². The molecule has 24 heavy (non-hydrogen) atoms. The fourth-order valence-corrected chi connectivity index (χ4v) is 2.75. The van der Waals surface area contributed by atoms with Crippen LogP contribution in [0.2, 0.25) is 5.02 Å². The minimum absolute atomic E-state index is 0.0121. The van der Waals surface area contributed by atoms with Crippen molar-refractivity contribution in [1.82, 2.24) is 5.32 Å². The van der Waals surface area contributed by atoms with Gasteiger partial charge in [0.1, 0.15) is 5.82 Å². The third-order valence-corrected chi connectivity index (χ3v) is 4.18.